The molecule has 0 saturated carbocycles. The standard InChI is InChI=1S/C17H25N/c1-13-9-14(2)11-16(10-13)17(18-3)12-15-7-5-4-6-8-15/h7,9-11,17-18H,4-6,8,12H2,1-3H3. The van der Waals surface area contributed by atoms with Gasteiger partial charge in [-0.15, -0.1) is 0 Å². The van der Waals surface area contributed by atoms with E-state index in [2.05, 4.69) is 50.5 Å². The van der Waals surface area contributed by atoms with Crippen molar-refractivity contribution >= 4 is 0 Å². The van der Waals surface area contributed by atoms with Crippen LogP contribution in [0.3, 0.4) is 0 Å². The van der Waals surface area contributed by atoms with Crippen LogP contribution in [0.25, 0.3) is 0 Å². The van der Waals surface area contributed by atoms with Crippen LogP contribution in [-0.4, -0.2) is 7.05 Å². The second kappa shape index (κ2) is 6.19. The minimum absolute atomic E-state index is 0.466. The lowest BCUT2D eigenvalue weighted by Crippen LogP contribution is -2.17. The van der Waals surface area contributed by atoms with Crippen LogP contribution in [0.2, 0.25) is 0 Å². The summed E-state index contributed by atoms with van der Waals surface area (Å²) in [5.41, 5.74) is 5.80. The van der Waals surface area contributed by atoms with Gasteiger partial charge in [-0.25, -0.2) is 0 Å². The molecule has 0 aliphatic heterocycles. The Hall–Kier alpha value is -1.08. The van der Waals surface area contributed by atoms with Crippen LogP contribution >= 0.6 is 0 Å². The highest BCUT2D eigenvalue weighted by Gasteiger charge is 2.13. The van der Waals surface area contributed by atoms with E-state index in [-0.39, 0.29) is 0 Å². The second-order valence-electron chi connectivity index (χ2n) is 5.57. The van der Waals surface area contributed by atoms with Crippen molar-refractivity contribution in [3.63, 3.8) is 0 Å². The van der Waals surface area contributed by atoms with Crippen LogP contribution in [0.1, 0.15) is 54.8 Å². The molecular weight excluding hydrogens is 218 g/mol. The summed E-state index contributed by atoms with van der Waals surface area (Å²) in [5, 5.41) is 3.48. The largest absolute Gasteiger partial charge is 0.313 e. The van der Waals surface area contributed by atoms with Crippen molar-refractivity contribution in [2.24, 2.45) is 0 Å². The first-order valence-corrected chi connectivity index (χ1v) is 7.12. The van der Waals surface area contributed by atoms with Crippen molar-refractivity contribution in [2.75, 3.05) is 7.05 Å². The molecule has 1 unspecified atom stereocenters. The molecule has 0 heterocycles. The third-order valence-corrected chi connectivity index (χ3v) is 3.85. The van der Waals surface area contributed by atoms with Crippen molar-refractivity contribution < 1.29 is 0 Å². The number of aryl methyl sites for hydroxylation is 2. The minimum Gasteiger partial charge on any atom is -0.313 e. The maximum Gasteiger partial charge on any atom is 0.0355 e. The molecule has 1 heteroatoms. The zero-order chi connectivity index (χ0) is 13.0. The van der Waals surface area contributed by atoms with Crippen molar-refractivity contribution in [3.05, 3.63) is 46.5 Å². The van der Waals surface area contributed by atoms with E-state index in [9.17, 15) is 0 Å². The molecule has 0 amide bonds. The van der Waals surface area contributed by atoms with Crippen LogP contribution in [0.5, 0.6) is 0 Å². The summed E-state index contributed by atoms with van der Waals surface area (Å²) in [6.45, 7) is 4.37. The number of benzene rings is 1. The topological polar surface area (TPSA) is 12.0 Å². The Morgan fingerprint density at radius 1 is 1.11 bits per heavy atom. The molecule has 2 rings (SSSR count). The van der Waals surface area contributed by atoms with E-state index in [1.807, 2.05) is 0 Å². The summed E-state index contributed by atoms with van der Waals surface area (Å²) in [7, 11) is 2.08. The molecule has 1 atom stereocenters. The van der Waals surface area contributed by atoms with Gasteiger partial charge in [0.25, 0.3) is 0 Å². The first kappa shape index (κ1) is 13.4. The lowest BCUT2D eigenvalue weighted by atomic mass is 9.90. The van der Waals surface area contributed by atoms with Crippen molar-refractivity contribution in [3.8, 4) is 0 Å². The normalized spacial score (nSPS) is 17.4. The molecule has 0 bridgehead atoms. The zero-order valence-electron chi connectivity index (χ0n) is 11.9. The summed E-state index contributed by atoms with van der Waals surface area (Å²) in [5.74, 6) is 0. The van der Waals surface area contributed by atoms with Gasteiger partial charge in [0.15, 0.2) is 0 Å². The van der Waals surface area contributed by atoms with E-state index < -0.39 is 0 Å². The predicted octanol–water partition coefficient (Wildman–Crippen LogP) is 4.45. The molecule has 0 saturated heterocycles. The van der Waals surface area contributed by atoms with E-state index in [0.717, 1.165) is 0 Å². The molecular formula is C17H25N. The average molecular weight is 243 g/mol. The molecule has 1 N–H and O–H groups in total. The molecule has 18 heavy (non-hydrogen) atoms. The third-order valence-electron chi connectivity index (χ3n) is 3.85. The number of hydrogen-bond donors (Lipinski definition) is 1. The monoisotopic (exact) mass is 243 g/mol. The third kappa shape index (κ3) is 3.46. The van der Waals surface area contributed by atoms with E-state index in [0.29, 0.717) is 6.04 Å². The van der Waals surface area contributed by atoms with Crippen molar-refractivity contribution in [1.29, 1.82) is 0 Å². The van der Waals surface area contributed by atoms with Gasteiger partial charge in [0.2, 0.25) is 0 Å². The Kier molecular flexibility index (Phi) is 4.60. The summed E-state index contributed by atoms with van der Waals surface area (Å²) in [6, 6.07) is 7.35. The van der Waals surface area contributed by atoms with Crippen LogP contribution < -0.4 is 5.32 Å². The molecule has 1 aromatic carbocycles. The Bertz CT molecular complexity index is 411. The molecule has 0 radical (unpaired) electrons. The van der Waals surface area contributed by atoms with Crippen LogP contribution in [0.15, 0.2) is 29.8 Å². The van der Waals surface area contributed by atoms with Crippen LogP contribution in [-0.2, 0) is 0 Å². The van der Waals surface area contributed by atoms with E-state index >= 15 is 0 Å². The Balaban J connectivity index is 2.14. The molecule has 0 spiro atoms. The minimum atomic E-state index is 0.466. The average Bonchev–Trinajstić information content (AvgIpc) is 2.36. The molecule has 1 nitrogen and oxygen atoms in total. The molecule has 0 aromatic heterocycles. The molecule has 98 valence electrons. The van der Waals surface area contributed by atoms with Gasteiger partial charge in [0.05, 0.1) is 0 Å². The number of rotatable bonds is 4. The van der Waals surface area contributed by atoms with Crippen LogP contribution in [0, 0.1) is 13.8 Å². The maximum absolute atomic E-state index is 3.48. The lowest BCUT2D eigenvalue weighted by Gasteiger charge is -2.21. The van der Waals surface area contributed by atoms with E-state index in [4.69, 9.17) is 0 Å². The van der Waals surface area contributed by atoms with Gasteiger partial charge in [0.1, 0.15) is 0 Å². The zero-order valence-corrected chi connectivity index (χ0v) is 11.9. The fourth-order valence-electron chi connectivity index (χ4n) is 2.95. The summed E-state index contributed by atoms with van der Waals surface area (Å²) < 4.78 is 0. The maximum atomic E-state index is 3.48. The molecule has 1 aliphatic carbocycles. The summed E-state index contributed by atoms with van der Waals surface area (Å²) >= 11 is 0. The fraction of sp³-hybridized carbons (Fsp3) is 0.529. The first-order chi connectivity index (χ1) is 8.69. The summed E-state index contributed by atoms with van der Waals surface area (Å²) in [6.07, 6.45) is 8.93. The fourth-order valence-corrected chi connectivity index (χ4v) is 2.95. The van der Waals surface area contributed by atoms with E-state index in [1.54, 1.807) is 5.57 Å². The highest BCUT2D eigenvalue weighted by molar-refractivity contribution is 5.31. The SMILES string of the molecule is CNC(CC1=CCCCC1)c1cc(C)cc(C)c1. The van der Waals surface area contributed by atoms with Crippen molar-refractivity contribution in [2.45, 2.75) is 52.0 Å². The Morgan fingerprint density at radius 2 is 1.83 bits per heavy atom. The van der Waals surface area contributed by atoms with Gasteiger partial charge in [-0.1, -0.05) is 41.0 Å². The number of allylic oxidation sites excluding steroid dienone is 1. The predicted molar refractivity (Wildman–Crippen MR) is 78.9 cm³/mol. The highest BCUT2D eigenvalue weighted by Crippen LogP contribution is 2.28. The van der Waals surface area contributed by atoms with Gasteiger partial charge < -0.3 is 5.32 Å². The molecule has 0 fully saturated rings. The Morgan fingerprint density at radius 3 is 2.39 bits per heavy atom. The van der Waals surface area contributed by atoms with Gasteiger partial charge in [0, 0.05) is 6.04 Å². The Labute approximate surface area is 111 Å². The molecule has 1 aliphatic rings. The summed E-state index contributed by atoms with van der Waals surface area (Å²) in [4.78, 5) is 0. The lowest BCUT2D eigenvalue weighted by molar-refractivity contribution is 0.558. The highest BCUT2D eigenvalue weighted by atomic mass is 14.9. The number of hydrogen-bond acceptors (Lipinski definition) is 1. The number of nitrogens with one attached hydrogen (secondary N) is 1. The second-order valence-corrected chi connectivity index (χ2v) is 5.57. The quantitative estimate of drug-likeness (QED) is 0.770. The first-order valence-electron chi connectivity index (χ1n) is 7.12. The molecule has 1 aromatic rings. The van der Waals surface area contributed by atoms with E-state index in [1.165, 1.54) is 48.8 Å². The van der Waals surface area contributed by atoms with Crippen molar-refractivity contribution in [1.82, 2.24) is 5.32 Å². The van der Waals surface area contributed by atoms with Gasteiger partial charge in [-0.05, 0) is 58.6 Å². The van der Waals surface area contributed by atoms with Gasteiger partial charge in [-0.3, -0.25) is 0 Å². The van der Waals surface area contributed by atoms with Crippen LogP contribution in [0.4, 0.5) is 0 Å². The van der Waals surface area contributed by atoms with Gasteiger partial charge in [-0.2, -0.15) is 0 Å². The van der Waals surface area contributed by atoms with Gasteiger partial charge >= 0.3 is 0 Å². The smallest absolute Gasteiger partial charge is 0.0355 e.